The molecule has 0 aromatic heterocycles. The van der Waals surface area contributed by atoms with Crippen molar-refractivity contribution in [1.82, 2.24) is 5.32 Å². The normalized spacial score (nSPS) is 15.9. The molecule has 2 rings (SSSR count). The maximum absolute atomic E-state index is 3.53. The molecule has 1 N–H and O–H groups in total. The van der Waals surface area contributed by atoms with Crippen molar-refractivity contribution in [3.63, 3.8) is 0 Å². The van der Waals surface area contributed by atoms with E-state index >= 15 is 0 Å². The van der Waals surface area contributed by atoms with E-state index in [0.29, 0.717) is 6.04 Å². The van der Waals surface area contributed by atoms with E-state index in [-0.39, 0.29) is 0 Å². The fraction of sp³-hybridized carbons (Fsp3) is 0.600. The SMILES string of the molecule is CCCNC(C)CSc1ccc2c(c1)CCC2. The van der Waals surface area contributed by atoms with Gasteiger partial charge in [0.1, 0.15) is 0 Å². The van der Waals surface area contributed by atoms with Crippen molar-refractivity contribution in [2.75, 3.05) is 12.3 Å². The maximum Gasteiger partial charge on any atom is 0.0133 e. The van der Waals surface area contributed by atoms with Gasteiger partial charge in [-0.05, 0) is 62.4 Å². The van der Waals surface area contributed by atoms with Crippen LogP contribution in [0.4, 0.5) is 0 Å². The first-order valence-corrected chi connectivity index (χ1v) is 7.76. The van der Waals surface area contributed by atoms with Crippen LogP contribution in [0.1, 0.15) is 37.8 Å². The molecule has 0 radical (unpaired) electrons. The first kappa shape index (κ1) is 13.0. The number of rotatable bonds is 6. The molecule has 0 fully saturated rings. The van der Waals surface area contributed by atoms with Gasteiger partial charge in [0.15, 0.2) is 0 Å². The van der Waals surface area contributed by atoms with Gasteiger partial charge in [-0.1, -0.05) is 13.0 Å². The molecule has 1 unspecified atom stereocenters. The highest BCUT2D eigenvalue weighted by atomic mass is 32.2. The quantitative estimate of drug-likeness (QED) is 0.772. The molecular formula is C15H23NS. The molecule has 17 heavy (non-hydrogen) atoms. The Bertz CT molecular complexity index is 362. The topological polar surface area (TPSA) is 12.0 Å². The smallest absolute Gasteiger partial charge is 0.0133 e. The van der Waals surface area contributed by atoms with Crippen LogP contribution >= 0.6 is 11.8 Å². The number of aryl methyl sites for hydroxylation is 2. The molecule has 1 aliphatic rings. The van der Waals surface area contributed by atoms with Gasteiger partial charge in [-0.2, -0.15) is 0 Å². The predicted octanol–water partition coefficient (Wildman–Crippen LogP) is 3.66. The summed E-state index contributed by atoms with van der Waals surface area (Å²) in [5.74, 6) is 1.17. The van der Waals surface area contributed by atoms with Crippen LogP contribution in [0.2, 0.25) is 0 Å². The van der Waals surface area contributed by atoms with E-state index in [1.165, 1.54) is 36.3 Å². The van der Waals surface area contributed by atoms with Gasteiger partial charge in [-0.25, -0.2) is 0 Å². The van der Waals surface area contributed by atoms with Crippen LogP contribution in [0.25, 0.3) is 0 Å². The number of fused-ring (bicyclic) bond motifs is 1. The van der Waals surface area contributed by atoms with Gasteiger partial charge in [0.05, 0.1) is 0 Å². The van der Waals surface area contributed by atoms with E-state index in [2.05, 4.69) is 37.4 Å². The van der Waals surface area contributed by atoms with Crippen LogP contribution in [0.5, 0.6) is 0 Å². The Labute approximate surface area is 109 Å². The van der Waals surface area contributed by atoms with Crippen LogP contribution in [0.15, 0.2) is 23.1 Å². The van der Waals surface area contributed by atoms with Crippen LogP contribution in [-0.4, -0.2) is 18.3 Å². The predicted molar refractivity (Wildman–Crippen MR) is 76.9 cm³/mol. The van der Waals surface area contributed by atoms with Crippen molar-refractivity contribution in [3.8, 4) is 0 Å². The summed E-state index contributed by atoms with van der Waals surface area (Å²) >= 11 is 1.98. The van der Waals surface area contributed by atoms with Crippen molar-refractivity contribution in [1.29, 1.82) is 0 Å². The van der Waals surface area contributed by atoms with E-state index in [1.54, 1.807) is 11.1 Å². The Hall–Kier alpha value is -0.470. The summed E-state index contributed by atoms with van der Waals surface area (Å²) in [5, 5.41) is 3.53. The Morgan fingerprint density at radius 1 is 1.29 bits per heavy atom. The Morgan fingerprint density at radius 2 is 2.12 bits per heavy atom. The Kier molecular flexibility index (Phi) is 4.93. The molecule has 0 saturated carbocycles. The van der Waals surface area contributed by atoms with Crippen LogP contribution in [-0.2, 0) is 12.8 Å². The highest BCUT2D eigenvalue weighted by Gasteiger charge is 2.11. The highest BCUT2D eigenvalue weighted by molar-refractivity contribution is 7.99. The molecule has 0 amide bonds. The van der Waals surface area contributed by atoms with Crippen molar-refractivity contribution in [2.45, 2.75) is 50.5 Å². The molecule has 94 valence electrons. The number of nitrogens with one attached hydrogen (secondary N) is 1. The standard InChI is InChI=1S/C15H23NS/c1-3-9-16-12(2)11-17-15-8-7-13-5-4-6-14(13)10-15/h7-8,10,12,16H,3-6,9,11H2,1-2H3. The van der Waals surface area contributed by atoms with Gasteiger partial charge >= 0.3 is 0 Å². The Morgan fingerprint density at radius 3 is 2.94 bits per heavy atom. The lowest BCUT2D eigenvalue weighted by Crippen LogP contribution is -2.28. The highest BCUT2D eigenvalue weighted by Crippen LogP contribution is 2.27. The fourth-order valence-electron chi connectivity index (χ4n) is 2.31. The van der Waals surface area contributed by atoms with Gasteiger partial charge in [0.25, 0.3) is 0 Å². The second kappa shape index (κ2) is 6.46. The monoisotopic (exact) mass is 249 g/mol. The molecule has 0 heterocycles. The number of thioether (sulfide) groups is 1. The zero-order valence-electron chi connectivity index (χ0n) is 11.0. The minimum absolute atomic E-state index is 0.605. The molecule has 1 aliphatic carbocycles. The second-order valence-electron chi connectivity index (χ2n) is 4.95. The Balaban J connectivity index is 1.83. The van der Waals surface area contributed by atoms with Gasteiger partial charge in [0, 0.05) is 16.7 Å². The molecule has 1 nitrogen and oxygen atoms in total. The summed E-state index contributed by atoms with van der Waals surface area (Å²) < 4.78 is 0. The summed E-state index contributed by atoms with van der Waals surface area (Å²) in [6.07, 6.45) is 5.13. The third kappa shape index (κ3) is 3.75. The third-order valence-electron chi connectivity index (χ3n) is 3.31. The fourth-order valence-corrected chi connectivity index (χ4v) is 3.26. The molecule has 1 aromatic carbocycles. The molecule has 0 spiro atoms. The molecule has 0 saturated heterocycles. The molecule has 1 aromatic rings. The van der Waals surface area contributed by atoms with Gasteiger partial charge in [-0.3, -0.25) is 0 Å². The van der Waals surface area contributed by atoms with Crippen LogP contribution < -0.4 is 5.32 Å². The molecule has 0 bridgehead atoms. The zero-order chi connectivity index (χ0) is 12.1. The zero-order valence-corrected chi connectivity index (χ0v) is 11.8. The van der Waals surface area contributed by atoms with E-state index in [9.17, 15) is 0 Å². The summed E-state index contributed by atoms with van der Waals surface area (Å²) in [6, 6.07) is 7.63. The first-order chi connectivity index (χ1) is 8.29. The van der Waals surface area contributed by atoms with Crippen molar-refractivity contribution in [3.05, 3.63) is 29.3 Å². The number of hydrogen-bond donors (Lipinski definition) is 1. The van der Waals surface area contributed by atoms with Gasteiger partial charge in [-0.15, -0.1) is 11.8 Å². The van der Waals surface area contributed by atoms with Crippen LogP contribution in [0, 0.1) is 0 Å². The largest absolute Gasteiger partial charge is 0.313 e. The van der Waals surface area contributed by atoms with E-state index < -0.39 is 0 Å². The summed E-state index contributed by atoms with van der Waals surface area (Å²) in [5.41, 5.74) is 3.16. The maximum atomic E-state index is 3.53. The third-order valence-corrected chi connectivity index (χ3v) is 4.57. The van der Waals surface area contributed by atoms with Crippen LogP contribution in [0.3, 0.4) is 0 Å². The lowest BCUT2D eigenvalue weighted by Gasteiger charge is -2.13. The lowest BCUT2D eigenvalue weighted by atomic mass is 10.1. The van der Waals surface area contributed by atoms with Crippen molar-refractivity contribution >= 4 is 11.8 Å². The minimum Gasteiger partial charge on any atom is -0.313 e. The molecular weight excluding hydrogens is 226 g/mol. The minimum atomic E-state index is 0.605. The lowest BCUT2D eigenvalue weighted by molar-refractivity contribution is 0.590. The van der Waals surface area contributed by atoms with Gasteiger partial charge in [0.2, 0.25) is 0 Å². The van der Waals surface area contributed by atoms with Crippen molar-refractivity contribution < 1.29 is 0 Å². The number of hydrogen-bond acceptors (Lipinski definition) is 2. The molecule has 2 heteroatoms. The number of benzene rings is 1. The van der Waals surface area contributed by atoms with E-state index in [0.717, 1.165) is 6.54 Å². The van der Waals surface area contributed by atoms with E-state index in [1.807, 2.05) is 11.8 Å². The average molecular weight is 249 g/mol. The van der Waals surface area contributed by atoms with Crippen molar-refractivity contribution in [2.24, 2.45) is 0 Å². The van der Waals surface area contributed by atoms with E-state index in [4.69, 9.17) is 0 Å². The first-order valence-electron chi connectivity index (χ1n) is 6.77. The summed E-state index contributed by atoms with van der Waals surface area (Å²) in [6.45, 7) is 5.62. The second-order valence-corrected chi connectivity index (χ2v) is 6.04. The van der Waals surface area contributed by atoms with Gasteiger partial charge < -0.3 is 5.32 Å². The summed E-state index contributed by atoms with van der Waals surface area (Å²) in [7, 11) is 0. The molecule has 1 atom stereocenters. The molecule has 0 aliphatic heterocycles. The summed E-state index contributed by atoms with van der Waals surface area (Å²) in [4.78, 5) is 1.44. The average Bonchev–Trinajstić information content (AvgIpc) is 2.81.